The molecule has 5 aliphatic rings. The Hall–Kier alpha value is -1.93. The highest BCUT2D eigenvalue weighted by Crippen LogP contribution is 2.57. The second-order valence-electron chi connectivity index (χ2n) is 10.4. The normalized spacial score (nSPS) is 31.7. The van der Waals surface area contributed by atoms with Crippen LogP contribution in [0, 0.1) is 34.9 Å². The molecular weight excluding hydrogens is 377 g/mol. The third-order valence-corrected chi connectivity index (χ3v) is 8.03. The molecule has 30 heavy (non-hydrogen) atoms. The van der Waals surface area contributed by atoms with Gasteiger partial charge in [-0.2, -0.15) is 5.26 Å². The van der Waals surface area contributed by atoms with Gasteiger partial charge < -0.3 is 4.90 Å². The van der Waals surface area contributed by atoms with E-state index in [4.69, 9.17) is 0 Å². The molecule has 160 valence electrons. The molecule has 1 aromatic carbocycles. The lowest BCUT2D eigenvalue weighted by Crippen LogP contribution is -2.62. The SMILES string of the molecule is N#CCCN(C(=O)CN(Cc1ccc(F)cc1)C1CC1)C12CC3CC(CC(C3)C1)C2. The number of halogens is 1. The van der Waals surface area contributed by atoms with Crippen LogP contribution in [0.5, 0.6) is 0 Å². The van der Waals surface area contributed by atoms with E-state index in [1.54, 1.807) is 0 Å². The summed E-state index contributed by atoms with van der Waals surface area (Å²) in [5, 5.41) is 9.25. The summed E-state index contributed by atoms with van der Waals surface area (Å²) in [6.07, 6.45) is 10.1. The van der Waals surface area contributed by atoms with Crippen molar-refractivity contribution in [3.63, 3.8) is 0 Å². The summed E-state index contributed by atoms with van der Waals surface area (Å²) in [7, 11) is 0. The molecule has 5 heteroatoms. The smallest absolute Gasteiger partial charge is 0.237 e. The van der Waals surface area contributed by atoms with Crippen LogP contribution in [0.15, 0.2) is 24.3 Å². The minimum absolute atomic E-state index is 0.00617. The molecule has 0 atom stereocenters. The van der Waals surface area contributed by atoms with Gasteiger partial charge >= 0.3 is 0 Å². The average Bonchev–Trinajstić information content (AvgIpc) is 3.53. The Morgan fingerprint density at radius 3 is 2.20 bits per heavy atom. The van der Waals surface area contributed by atoms with Crippen molar-refractivity contribution in [1.29, 1.82) is 5.26 Å². The van der Waals surface area contributed by atoms with E-state index in [1.807, 2.05) is 12.1 Å². The van der Waals surface area contributed by atoms with Crippen molar-refractivity contribution in [3.05, 3.63) is 35.6 Å². The molecule has 0 unspecified atom stereocenters. The Morgan fingerprint density at radius 1 is 1.07 bits per heavy atom. The Bertz CT molecular complexity index is 791. The molecular formula is C25H32FN3O. The van der Waals surface area contributed by atoms with E-state index in [-0.39, 0.29) is 17.3 Å². The zero-order chi connectivity index (χ0) is 20.7. The van der Waals surface area contributed by atoms with Gasteiger partial charge in [0, 0.05) is 24.7 Å². The van der Waals surface area contributed by atoms with Gasteiger partial charge in [-0.25, -0.2) is 4.39 Å². The second-order valence-corrected chi connectivity index (χ2v) is 10.4. The molecule has 1 aromatic rings. The first-order chi connectivity index (χ1) is 14.5. The van der Waals surface area contributed by atoms with E-state index in [0.29, 0.717) is 32.1 Å². The summed E-state index contributed by atoms with van der Waals surface area (Å²) in [6.45, 7) is 1.66. The van der Waals surface area contributed by atoms with Crippen molar-refractivity contribution in [1.82, 2.24) is 9.80 Å². The topological polar surface area (TPSA) is 47.3 Å². The maximum absolute atomic E-state index is 13.7. The van der Waals surface area contributed by atoms with Gasteiger partial charge in [0.25, 0.3) is 0 Å². The van der Waals surface area contributed by atoms with Gasteiger partial charge in [0.15, 0.2) is 0 Å². The zero-order valence-electron chi connectivity index (χ0n) is 17.7. The molecule has 5 aliphatic carbocycles. The first-order valence-electron chi connectivity index (χ1n) is 11.7. The van der Waals surface area contributed by atoms with Gasteiger partial charge in [-0.1, -0.05) is 12.1 Å². The van der Waals surface area contributed by atoms with Gasteiger partial charge in [0.05, 0.1) is 19.0 Å². The lowest BCUT2D eigenvalue weighted by molar-refractivity contribution is -0.152. The van der Waals surface area contributed by atoms with Crippen molar-refractivity contribution >= 4 is 5.91 Å². The average molecular weight is 410 g/mol. The van der Waals surface area contributed by atoms with Gasteiger partial charge in [0.2, 0.25) is 5.91 Å². The number of nitrogens with zero attached hydrogens (tertiary/aromatic N) is 3. The quantitative estimate of drug-likeness (QED) is 0.635. The number of hydrogen-bond donors (Lipinski definition) is 0. The fourth-order valence-electron chi connectivity index (χ4n) is 7.02. The number of amides is 1. The molecule has 0 saturated heterocycles. The predicted octanol–water partition coefficient (Wildman–Crippen LogP) is 4.50. The van der Waals surface area contributed by atoms with Crippen molar-refractivity contribution in [2.75, 3.05) is 13.1 Å². The van der Waals surface area contributed by atoms with Gasteiger partial charge in [-0.05, 0) is 86.8 Å². The fourth-order valence-corrected chi connectivity index (χ4v) is 7.02. The van der Waals surface area contributed by atoms with E-state index < -0.39 is 0 Å². The van der Waals surface area contributed by atoms with Crippen LogP contribution in [0.1, 0.15) is 63.4 Å². The number of carbonyl (C=O) groups is 1. The van der Waals surface area contributed by atoms with Crippen LogP contribution in [-0.4, -0.2) is 40.4 Å². The van der Waals surface area contributed by atoms with Crippen LogP contribution in [0.2, 0.25) is 0 Å². The second kappa shape index (κ2) is 7.96. The highest BCUT2D eigenvalue weighted by Gasteiger charge is 2.54. The van der Waals surface area contributed by atoms with Crippen molar-refractivity contribution in [3.8, 4) is 6.07 Å². The fraction of sp³-hybridized carbons (Fsp3) is 0.680. The first kappa shape index (κ1) is 20.0. The van der Waals surface area contributed by atoms with Gasteiger partial charge in [0.1, 0.15) is 5.82 Å². The molecule has 5 fully saturated rings. The molecule has 5 saturated carbocycles. The van der Waals surface area contributed by atoms with Crippen molar-refractivity contribution in [2.45, 2.75) is 75.9 Å². The molecule has 0 spiro atoms. The van der Waals surface area contributed by atoms with E-state index in [1.165, 1.54) is 31.4 Å². The summed E-state index contributed by atoms with van der Waals surface area (Å²) >= 11 is 0. The standard InChI is InChI=1S/C25H32FN3O/c26-22-4-2-18(3-5-22)16-28(23-6-7-23)17-24(30)29(9-1-8-27)25-13-19-10-20(14-25)12-21(11-19)15-25/h2-5,19-21,23H,1,6-7,9-17H2. The Balaban J connectivity index is 1.33. The van der Waals surface area contributed by atoms with E-state index in [9.17, 15) is 14.4 Å². The Morgan fingerprint density at radius 2 is 1.67 bits per heavy atom. The molecule has 0 radical (unpaired) electrons. The summed E-state index contributed by atoms with van der Waals surface area (Å²) < 4.78 is 13.3. The Kier molecular flexibility index (Phi) is 5.31. The molecule has 4 bridgehead atoms. The molecule has 0 aromatic heterocycles. The summed E-state index contributed by atoms with van der Waals surface area (Å²) in [5.41, 5.74) is 1.04. The van der Waals surface area contributed by atoms with Crippen LogP contribution in [0.3, 0.4) is 0 Å². The molecule has 0 heterocycles. The molecule has 0 aliphatic heterocycles. The number of hydrogen-bond acceptors (Lipinski definition) is 3. The molecule has 6 rings (SSSR count). The summed E-state index contributed by atoms with van der Waals surface area (Å²) in [5.74, 6) is 2.28. The minimum Gasteiger partial charge on any atom is -0.335 e. The van der Waals surface area contributed by atoms with Crippen LogP contribution in [0.25, 0.3) is 0 Å². The number of rotatable bonds is 8. The minimum atomic E-state index is -0.225. The molecule has 0 N–H and O–H groups in total. The lowest BCUT2D eigenvalue weighted by atomic mass is 9.52. The third-order valence-electron chi connectivity index (χ3n) is 8.03. The highest BCUT2D eigenvalue weighted by molar-refractivity contribution is 5.79. The third kappa shape index (κ3) is 3.99. The number of nitriles is 1. The van der Waals surface area contributed by atoms with E-state index >= 15 is 0 Å². The first-order valence-corrected chi connectivity index (χ1v) is 11.7. The van der Waals surface area contributed by atoms with E-state index in [0.717, 1.165) is 55.4 Å². The van der Waals surface area contributed by atoms with E-state index in [2.05, 4.69) is 15.9 Å². The molecule has 4 nitrogen and oxygen atoms in total. The maximum atomic E-state index is 13.7. The van der Waals surface area contributed by atoms with Crippen molar-refractivity contribution in [2.24, 2.45) is 17.8 Å². The van der Waals surface area contributed by atoms with Gasteiger partial charge in [-0.3, -0.25) is 9.69 Å². The lowest BCUT2D eigenvalue weighted by Gasteiger charge is -2.60. The van der Waals surface area contributed by atoms with Gasteiger partial charge in [-0.15, -0.1) is 0 Å². The van der Waals surface area contributed by atoms with Crippen LogP contribution in [0.4, 0.5) is 4.39 Å². The van der Waals surface area contributed by atoms with Crippen LogP contribution < -0.4 is 0 Å². The molecule has 1 amide bonds. The van der Waals surface area contributed by atoms with Crippen LogP contribution in [-0.2, 0) is 11.3 Å². The Labute approximate surface area is 179 Å². The van der Waals surface area contributed by atoms with Crippen molar-refractivity contribution < 1.29 is 9.18 Å². The summed E-state index contributed by atoms with van der Waals surface area (Å²) in [4.78, 5) is 18.1. The zero-order valence-corrected chi connectivity index (χ0v) is 17.7. The maximum Gasteiger partial charge on any atom is 0.237 e. The predicted molar refractivity (Wildman–Crippen MR) is 113 cm³/mol. The number of benzene rings is 1. The van der Waals surface area contributed by atoms with Crippen LogP contribution >= 0.6 is 0 Å². The largest absolute Gasteiger partial charge is 0.335 e. The summed E-state index contributed by atoms with van der Waals surface area (Å²) in [6, 6.07) is 9.36. The highest BCUT2D eigenvalue weighted by atomic mass is 19.1. The number of carbonyl (C=O) groups excluding carboxylic acids is 1. The monoisotopic (exact) mass is 409 g/mol.